The molecule has 0 radical (unpaired) electrons. The maximum atomic E-state index is 6.37. The van der Waals surface area contributed by atoms with E-state index in [4.69, 9.17) is 23.2 Å². The van der Waals surface area contributed by atoms with Crippen molar-refractivity contribution in [3.63, 3.8) is 0 Å². The lowest BCUT2D eigenvalue weighted by molar-refractivity contribution is 1.08. The molecule has 0 unspecified atom stereocenters. The Morgan fingerprint density at radius 3 is 2.85 bits per heavy atom. The summed E-state index contributed by atoms with van der Waals surface area (Å²) in [5.41, 5.74) is 3.83. The van der Waals surface area contributed by atoms with Crippen LogP contribution in [0, 0.1) is 6.92 Å². The Morgan fingerprint density at radius 1 is 1.25 bits per heavy atom. The second kappa shape index (κ2) is 5.35. The Morgan fingerprint density at radius 2 is 2.05 bits per heavy atom. The number of aryl methyl sites for hydroxylation is 1. The van der Waals surface area contributed by atoms with Gasteiger partial charge in [0.15, 0.2) is 5.15 Å². The van der Waals surface area contributed by atoms with Gasteiger partial charge in [-0.3, -0.25) is 0 Å². The number of hydrogen-bond donors (Lipinski definition) is 2. The summed E-state index contributed by atoms with van der Waals surface area (Å²) in [6.07, 6.45) is 1.74. The minimum atomic E-state index is 0.461. The van der Waals surface area contributed by atoms with Crippen LogP contribution in [0.25, 0.3) is 10.9 Å². The van der Waals surface area contributed by atoms with Gasteiger partial charge >= 0.3 is 0 Å². The standard InChI is InChI=1S/C15H13Cl2N3/c1-9-6-12(15(17)19-7-9)18-8-13-14(16)10-4-2-3-5-11(10)20-13/h2-7,18,20H,8H2,1H3. The third-order valence-corrected chi connectivity index (χ3v) is 3.88. The van der Waals surface area contributed by atoms with E-state index in [0.29, 0.717) is 11.7 Å². The zero-order valence-electron chi connectivity index (χ0n) is 10.9. The number of pyridine rings is 1. The van der Waals surface area contributed by atoms with Crippen LogP contribution in [0.4, 0.5) is 5.69 Å². The highest BCUT2D eigenvalue weighted by Gasteiger charge is 2.09. The van der Waals surface area contributed by atoms with Crippen LogP contribution in [-0.2, 0) is 6.54 Å². The van der Waals surface area contributed by atoms with E-state index in [9.17, 15) is 0 Å². The van der Waals surface area contributed by atoms with Crippen molar-refractivity contribution in [1.82, 2.24) is 9.97 Å². The normalized spacial score (nSPS) is 10.9. The number of benzene rings is 1. The zero-order valence-corrected chi connectivity index (χ0v) is 12.4. The van der Waals surface area contributed by atoms with Crippen LogP contribution in [0.2, 0.25) is 10.2 Å². The molecule has 5 heteroatoms. The topological polar surface area (TPSA) is 40.7 Å². The molecule has 20 heavy (non-hydrogen) atoms. The third kappa shape index (κ3) is 2.47. The highest BCUT2D eigenvalue weighted by molar-refractivity contribution is 6.36. The highest BCUT2D eigenvalue weighted by atomic mass is 35.5. The van der Waals surface area contributed by atoms with Crippen LogP contribution < -0.4 is 5.32 Å². The molecule has 3 aromatic rings. The number of rotatable bonds is 3. The number of para-hydroxylation sites is 1. The second-order valence-electron chi connectivity index (χ2n) is 4.67. The molecule has 0 saturated carbocycles. The van der Waals surface area contributed by atoms with E-state index in [1.165, 1.54) is 0 Å². The molecule has 0 fully saturated rings. The number of anilines is 1. The van der Waals surface area contributed by atoms with Gasteiger partial charge in [-0.1, -0.05) is 41.4 Å². The number of aromatic amines is 1. The molecule has 1 aromatic carbocycles. The van der Waals surface area contributed by atoms with Crippen molar-refractivity contribution in [2.45, 2.75) is 13.5 Å². The van der Waals surface area contributed by atoms with Gasteiger partial charge in [0.2, 0.25) is 0 Å². The number of hydrogen-bond acceptors (Lipinski definition) is 2. The molecular formula is C15H13Cl2N3. The third-order valence-electron chi connectivity index (χ3n) is 3.15. The number of H-pyrrole nitrogens is 1. The fraction of sp³-hybridized carbons (Fsp3) is 0.133. The van der Waals surface area contributed by atoms with Crippen LogP contribution >= 0.6 is 23.2 Å². The smallest absolute Gasteiger partial charge is 0.152 e. The molecule has 0 aliphatic carbocycles. The number of halogens is 2. The lowest BCUT2D eigenvalue weighted by Crippen LogP contribution is -2.01. The maximum absolute atomic E-state index is 6.37. The largest absolute Gasteiger partial charge is 0.377 e. The van der Waals surface area contributed by atoms with Crippen molar-refractivity contribution in [2.24, 2.45) is 0 Å². The highest BCUT2D eigenvalue weighted by Crippen LogP contribution is 2.28. The second-order valence-corrected chi connectivity index (χ2v) is 5.40. The molecule has 3 rings (SSSR count). The summed E-state index contributed by atoms with van der Waals surface area (Å²) in [5, 5.41) is 5.49. The summed E-state index contributed by atoms with van der Waals surface area (Å²) in [6, 6.07) is 9.92. The predicted molar refractivity (Wildman–Crippen MR) is 84.6 cm³/mol. The Labute approximate surface area is 126 Å². The van der Waals surface area contributed by atoms with E-state index in [-0.39, 0.29) is 0 Å². The molecule has 0 spiro atoms. The SMILES string of the molecule is Cc1cnc(Cl)c(NCc2[nH]c3ccccc3c2Cl)c1. The van der Waals surface area contributed by atoms with E-state index >= 15 is 0 Å². The molecule has 2 heterocycles. The maximum Gasteiger partial charge on any atom is 0.152 e. The van der Waals surface area contributed by atoms with Gasteiger partial charge in [0.1, 0.15) is 0 Å². The Hall–Kier alpha value is -1.71. The number of fused-ring (bicyclic) bond motifs is 1. The van der Waals surface area contributed by atoms with Crippen molar-refractivity contribution in [1.29, 1.82) is 0 Å². The van der Waals surface area contributed by atoms with E-state index in [1.54, 1.807) is 6.20 Å². The Kier molecular flexibility index (Phi) is 3.55. The number of nitrogens with zero attached hydrogens (tertiary/aromatic N) is 1. The van der Waals surface area contributed by atoms with Crippen LogP contribution in [-0.4, -0.2) is 9.97 Å². The van der Waals surface area contributed by atoms with Crippen LogP contribution in [0.1, 0.15) is 11.3 Å². The molecule has 2 aromatic heterocycles. The first-order chi connectivity index (χ1) is 9.65. The Balaban J connectivity index is 1.87. The molecule has 2 N–H and O–H groups in total. The summed E-state index contributed by atoms with van der Waals surface area (Å²) in [5.74, 6) is 0. The molecular weight excluding hydrogens is 293 g/mol. The van der Waals surface area contributed by atoms with Gasteiger partial charge < -0.3 is 10.3 Å². The monoisotopic (exact) mass is 305 g/mol. The minimum absolute atomic E-state index is 0.461. The first-order valence-corrected chi connectivity index (χ1v) is 7.02. The van der Waals surface area contributed by atoms with E-state index in [0.717, 1.165) is 32.9 Å². The van der Waals surface area contributed by atoms with Gasteiger partial charge in [-0.2, -0.15) is 0 Å². The lowest BCUT2D eigenvalue weighted by Gasteiger charge is -2.08. The summed E-state index contributed by atoms with van der Waals surface area (Å²) in [7, 11) is 0. The summed E-state index contributed by atoms with van der Waals surface area (Å²) in [6.45, 7) is 2.54. The van der Waals surface area contributed by atoms with Gasteiger partial charge in [-0.05, 0) is 24.6 Å². The number of aromatic nitrogens is 2. The van der Waals surface area contributed by atoms with Gasteiger partial charge in [0.05, 0.1) is 22.9 Å². The molecule has 0 aliphatic heterocycles. The fourth-order valence-corrected chi connectivity index (χ4v) is 2.59. The zero-order chi connectivity index (χ0) is 14.1. The van der Waals surface area contributed by atoms with Gasteiger partial charge in [-0.15, -0.1) is 0 Å². The van der Waals surface area contributed by atoms with E-state index in [1.807, 2.05) is 37.3 Å². The summed E-state index contributed by atoms with van der Waals surface area (Å²) in [4.78, 5) is 7.43. The van der Waals surface area contributed by atoms with E-state index < -0.39 is 0 Å². The fourth-order valence-electron chi connectivity index (χ4n) is 2.15. The van der Waals surface area contributed by atoms with Crippen molar-refractivity contribution in [3.8, 4) is 0 Å². The van der Waals surface area contributed by atoms with Crippen molar-refractivity contribution in [3.05, 3.63) is 58.0 Å². The molecule has 0 aliphatic rings. The van der Waals surface area contributed by atoms with E-state index in [2.05, 4.69) is 15.3 Å². The molecule has 0 atom stereocenters. The van der Waals surface area contributed by atoms with Crippen LogP contribution in [0.15, 0.2) is 36.5 Å². The van der Waals surface area contributed by atoms with Crippen LogP contribution in [0.5, 0.6) is 0 Å². The lowest BCUT2D eigenvalue weighted by atomic mass is 10.2. The first kappa shape index (κ1) is 13.3. The quantitative estimate of drug-likeness (QED) is 0.683. The summed E-state index contributed by atoms with van der Waals surface area (Å²) < 4.78 is 0. The van der Waals surface area contributed by atoms with Crippen molar-refractivity contribution in [2.75, 3.05) is 5.32 Å². The first-order valence-electron chi connectivity index (χ1n) is 6.26. The average molecular weight is 306 g/mol. The van der Waals surface area contributed by atoms with Crippen molar-refractivity contribution < 1.29 is 0 Å². The molecule has 0 bridgehead atoms. The van der Waals surface area contributed by atoms with Crippen LogP contribution in [0.3, 0.4) is 0 Å². The van der Waals surface area contributed by atoms with Crippen molar-refractivity contribution >= 4 is 39.8 Å². The molecule has 0 amide bonds. The predicted octanol–water partition coefficient (Wildman–Crippen LogP) is 4.79. The molecule has 0 saturated heterocycles. The average Bonchev–Trinajstić information content (AvgIpc) is 2.77. The molecule has 3 nitrogen and oxygen atoms in total. The number of nitrogens with one attached hydrogen (secondary N) is 2. The van der Waals surface area contributed by atoms with Gasteiger partial charge in [0, 0.05) is 17.1 Å². The summed E-state index contributed by atoms with van der Waals surface area (Å²) >= 11 is 12.4. The van der Waals surface area contributed by atoms with Gasteiger partial charge in [-0.25, -0.2) is 4.98 Å². The Bertz CT molecular complexity index is 765. The molecule has 102 valence electrons. The minimum Gasteiger partial charge on any atom is -0.377 e. The van der Waals surface area contributed by atoms with Gasteiger partial charge in [0.25, 0.3) is 0 Å².